The van der Waals surface area contributed by atoms with Gasteiger partial charge in [0.25, 0.3) is 0 Å². The molecule has 1 aromatic rings. The van der Waals surface area contributed by atoms with Crippen LogP contribution in [-0.2, 0) is 15.9 Å². The lowest BCUT2D eigenvalue weighted by Gasteiger charge is -2.16. The van der Waals surface area contributed by atoms with Crippen LogP contribution < -0.4 is 10.1 Å². The average molecular weight is 341 g/mol. The van der Waals surface area contributed by atoms with E-state index in [-0.39, 0.29) is 19.8 Å². The summed E-state index contributed by atoms with van der Waals surface area (Å²) >= 11 is 0. The summed E-state index contributed by atoms with van der Waals surface area (Å²) in [5.74, 6) is 0.705. The first-order chi connectivity index (χ1) is 11.5. The van der Waals surface area contributed by atoms with Gasteiger partial charge in [-0.05, 0) is 24.1 Å². The molecule has 0 amide bonds. The van der Waals surface area contributed by atoms with Crippen molar-refractivity contribution >= 4 is 0 Å². The second-order valence-electron chi connectivity index (χ2n) is 6.11. The highest BCUT2D eigenvalue weighted by Crippen LogP contribution is 2.13. The number of benzene rings is 1. The molecule has 0 saturated heterocycles. The maximum atomic E-state index is 9.85. The second kappa shape index (κ2) is 12.2. The monoisotopic (exact) mass is 341 g/mol. The number of aliphatic hydroxyl groups is 2. The lowest BCUT2D eigenvalue weighted by Crippen LogP contribution is -2.35. The SMILES string of the molecule is COCCc1ccc(OCC(O)COCC(O)CNC(C)C)cc1. The number of hydrogen-bond donors (Lipinski definition) is 3. The van der Waals surface area contributed by atoms with Gasteiger partial charge in [0.2, 0.25) is 0 Å². The summed E-state index contributed by atoms with van der Waals surface area (Å²) in [5.41, 5.74) is 1.18. The van der Waals surface area contributed by atoms with Crippen molar-refractivity contribution in [3.05, 3.63) is 29.8 Å². The zero-order valence-electron chi connectivity index (χ0n) is 14.9. The first-order valence-electron chi connectivity index (χ1n) is 8.39. The molecular formula is C18H31NO5. The molecule has 6 nitrogen and oxygen atoms in total. The number of hydrogen-bond acceptors (Lipinski definition) is 6. The highest BCUT2D eigenvalue weighted by molar-refractivity contribution is 5.27. The summed E-state index contributed by atoms with van der Waals surface area (Å²) < 4.78 is 15.9. The Hall–Kier alpha value is -1.18. The Kier molecular flexibility index (Phi) is 10.6. The van der Waals surface area contributed by atoms with Crippen LogP contribution in [0.2, 0.25) is 0 Å². The van der Waals surface area contributed by atoms with Crippen LogP contribution in [0.25, 0.3) is 0 Å². The Bertz CT molecular complexity index is 424. The van der Waals surface area contributed by atoms with Crippen LogP contribution >= 0.6 is 0 Å². The molecule has 0 fully saturated rings. The van der Waals surface area contributed by atoms with Gasteiger partial charge >= 0.3 is 0 Å². The van der Waals surface area contributed by atoms with Crippen molar-refractivity contribution in [2.45, 2.75) is 38.5 Å². The number of rotatable bonds is 13. The fraction of sp³-hybridized carbons (Fsp3) is 0.667. The molecule has 0 bridgehead atoms. The van der Waals surface area contributed by atoms with Gasteiger partial charge in [-0.2, -0.15) is 0 Å². The normalized spacial score (nSPS) is 13.9. The molecule has 6 heteroatoms. The predicted octanol–water partition coefficient (Wildman–Crippen LogP) is 0.991. The molecule has 138 valence electrons. The topological polar surface area (TPSA) is 80.2 Å². The van der Waals surface area contributed by atoms with Crippen molar-refractivity contribution in [1.82, 2.24) is 5.32 Å². The number of nitrogens with one attached hydrogen (secondary N) is 1. The van der Waals surface area contributed by atoms with Crippen LogP contribution in [0.3, 0.4) is 0 Å². The summed E-state index contributed by atoms with van der Waals surface area (Å²) in [6.45, 7) is 5.65. The van der Waals surface area contributed by atoms with Gasteiger partial charge in [-0.15, -0.1) is 0 Å². The van der Waals surface area contributed by atoms with E-state index in [0.717, 1.165) is 6.42 Å². The largest absolute Gasteiger partial charge is 0.491 e. The van der Waals surface area contributed by atoms with Gasteiger partial charge in [0.05, 0.1) is 25.9 Å². The van der Waals surface area contributed by atoms with Crippen LogP contribution in [0.1, 0.15) is 19.4 Å². The van der Waals surface area contributed by atoms with E-state index >= 15 is 0 Å². The second-order valence-corrected chi connectivity index (χ2v) is 6.11. The molecular weight excluding hydrogens is 310 g/mol. The smallest absolute Gasteiger partial charge is 0.119 e. The Balaban J connectivity index is 2.15. The Morgan fingerprint density at radius 3 is 2.29 bits per heavy atom. The van der Waals surface area contributed by atoms with E-state index in [4.69, 9.17) is 14.2 Å². The minimum Gasteiger partial charge on any atom is -0.491 e. The van der Waals surface area contributed by atoms with Crippen molar-refractivity contribution in [3.8, 4) is 5.75 Å². The predicted molar refractivity (Wildman–Crippen MR) is 93.5 cm³/mol. The molecule has 0 spiro atoms. The lowest BCUT2D eigenvalue weighted by molar-refractivity contribution is -0.0204. The molecule has 2 unspecified atom stereocenters. The molecule has 2 atom stereocenters. The summed E-state index contributed by atoms with van der Waals surface area (Å²) in [6, 6.07) is 8.03. The number of ether oxygens (including phenoxy) is 3. The lowest BCUT2D eigenvalue weighted by atomic mass is 10.1. The minimum absolute atomic E-state index is 0.130. The fourth-order valence-corrected chi connectivity index (χ4v) is 1.98. The average Bonchev–Trinajstić information content (AvgIpc) is 2.57. The molecule has 0 radical (unpaired) electrons. The van der Waals surface area contributed by atoms with Crippen molar-refractivity contribution in [2.24, 2.45) is 0 Å². The van der Waals surface area contributed by atoms with Crippen molar-refractivity contribution in [3.63, 3.8) is 0 Å². The molecule has 0 aliphatic heterocycles. The third-order valence-electron chi connectivity index (χ3n) is 3.34. The first kappa shape index (κ1) is 20.9. The van der Waals surface area contributed by atoms with E-state index in [2.05, 4.69) is 5.32 Å². The number of aliphatic hydroxyl groups excluding tert-OH is 2. The standard InChI is InChI=1S/C18H31NO5/c1-14(2)19-10-16(20)11-23-12-17(21)13-24-18-6-4-15(5-7-18)8-9-22-3/h4-7,14,16-17,19-21H,8-13H2,1-3H3. The molecule has 1 rings (SSSR count). The van der Waals surface area contributed by atoms with Gasteiger partial charge in [-0.3, -0.25) is 0 Å². The first-order valence-corrected chi connectivity index (χ1v) is 8.39. The highest BCUT2D eigenvalue weighted by atomic mass is 16.5. The van der Waals surface area contributed by atoms with Crippen molar-refractivity contribution in [2.75, 3.05) is 40.1 Å². The summed E-state index contributed by atoms with van der Waals surface area (Å²) in [4.78, 5) is 0. The molecule has 0 aliphatic rings. The number of methoxy groups -OCH3 is 1. The Morgan fingerprint density at radius 2 is 1.67 bits per heavy atom. The van der Waals surface area contributed by atoms with E-state index in [1.165, 1.54) is 5.56 Å². The van der Waals surface area contributed by atoms with Gasteiger partial charge in [-0.1, -0.05) is 26.0 Å². The Labute approximate surface area is 144 Å². The van der Waals surface area contributed by atoms with Crippen LogP contribution in [0, 0.1) is 0 Å². The molecule has 0 aliphatic carbocycles. The molecule has 0 heterocycles. The van der Waals surface area contributed by atoms with Crippen LogP contribution in [-0.4, -0.2) is 68.5 Å². The van der Waals surface area contributed by atoms with Gasteiger partial charge in [0.1, 0.15) is 18.5 Å². The summed E-state index contributed by atoms with van der Waals surface area (Å²) in [6.07, 6.45) is -0.454. The van der Waals surface area contributed by atoms with Crippen LogP contribution in [0.4, 0.5) is 0 Å². The molecule has 24 heavy (non-hydrogen) atoms. The molecule has 0 aromatic heterocycles. The van der Waals surface area contributed by atoms with E-state index in [1.54, 1.807) is 7.11 Å². The van der Waals surface area contributed by atoms with E-state index < -0.39 is 12.2 Å². The van der Waals surface area contributed by atoms with Gasteiger partial charge in [-0.25, -0.2) is 0 Å². The molecule has 0 saturated carbocycles. The Morgan fingerprint density at radius 1 is 1.00 bits per heavy atom. The van der Waals surface area contributed by atoms with Gasteiger partial charge in [0.15, 0.2) is 0 Å². The van der Waals surface area contributed by atoms with Gasteiger partial charge in [0, 0.05) is 19.7 Å². The minimum atomic E-state index is -0.733. The highest BCUT2D eigenvalue weighted by Gasteiger charge is 2.09. The quantitative estimate of drug-likeness (QED) is 0.496. The third kappa shape index (κ3) is 9.85. The van der Waals surface area contributed by atoms with Crippen LogP contribution in [0.5, 0.6) is 5.75 Å². The van der Waals surface area contributed by atoms with E-state index in [9.17, 15) is 10.2 Å². The fourth-order valence-electron chi connectivity index (χ4n) is 1.98. The van der Waals surface area contributed by atoms with Crippen molar-refractivity contribution < 1.29 is 24.4 Å². The zero-order valence-corrected chi connectivity index (χ0v) is 14.9. The van der Waals surface area contributed by atoms with Crippen LogP contribution in [0.15, 0.2) is 24.3 Å². The zero-order chi connectivity index (χ0) is 17.8. The molecule has 1 aromatic carbocycles. The maximum absolute atomic E-state index is 9.85. The van der Waals surface area contributed by atoms with E-state index in [0.29, 0.717) is 24.9 Å². The van der Waals surface area contributed by atoms with Gasteiger partial charge < -0.3 is 29.7 Å². The third-order valence-corrected chi connectivity index (χ3v) is 3.34. The molecule has 3 N–H and O–H groups in total. The summed E-state index contributed by atoms with van der Waals surface area (Å²) in [5, 5.41) is 22.7. The van der Waals surface area contributed by atoms with E-state index in [1.807, 2.05) is 38.1 Å². The summed E-state index contributed by atoms with van der Waals surface area (Å²) in [7, 11) is 1.68. The van der Waals surface area contributed by atoms with Crippen molar-refractivity contribution in [1.29, 1.82) is 0 Å². The maximum Gasteiger partial charge on any atom is 0.119 e.